The number of nitrogens with one attached hydrogen (secondary N) is 1. The molecule has 1 unspecified atom stereocenters. The van der Waals surface area contributed by atoms with Crippen molar-refractivity contribution in [3.8, 4) is 0 Å². The number of hydrogen-bond donors (Lipinski definition) is 1. The lowest BCUT2D eigenvalue weighted by atomic mass is 9.82. The fourth-order valence-electron chi connectivity index (χ4n) is 4.02. The number of aromatic amines is 1. The minimum absolute atomic E-state index is 0.0152. The molecule has 2 aliphatic heterocycles. The van der Waals surface area contributed by atoms with Crippen molar-refractivity contribution >= 4 is 22.7 Å². The third-order valence-electron chi connectivity index (χ3n) is 5.04. The van der Waals surface area contributed by atoms with Gasteiger partial charge in [0.05, 0.1) is 12.1 Å². The Morgan fingerprint density at radius 2 is 1.95 bits per heavy atom. The molecular weight excluding hydrogens is 278 g/mol. The number of aromatic nitrogens is 1. The van der Waals surface area contributed by atoms with E-state index in [2.05, 4.69) is 11.1 Å². The first-order valence-corrected chi connectivity index (χ1v) is 7.58. The van der Waals surface area contributed by atoms with Crippen molar-refractivity contribution in [3.05, 3.63) is 35.5 Å². The first kappa shape index (κ1) is 13.4. The maximum atomic E-state index is 12.6. The molecule has 2 aromatic rings. The zero-order chi connectivity index (χ0) is 15.6. The Balaban J connectivity index is 1.96. The average molecular weight is 297 g/mol. The van der Waals surface area contributed by atoms with Crippen molar-refractivity contribution in [2.24, 2.45) is 0 Å². The van der Waals surface area contributed by atoms with Crippen molar-refractivity contribution in [1.29, 1.82) is 0 Å². The molecule has 22 heavy (non-hydrogen) atoms. The van der Waals surface area contributed by atoms with Crippen LogP contribution in [0.15, 0.2) is 24.3 Å². The number of carbonyl (C=O) groups excluding carboxylic acids is 2. The van der Waals surface area contributed by atoms with Gasteiger partial charge in [0.1, 0.15) is 6.04 Å². The standard InChI is InChI=1S/C17H19N3O2/c1-17(2)15-11(10-6-4-5-7-12(10)18-15)8-13-16(22)19(3)9-14(21)20(13)17/h4-7,13,18H,8-9H2,1-3H3. The van der Waals surface area contributed by atoms with Gasteiger partial charge in [-0.15, -0.1) is 0 Å². The van der Waals surface area contributed by atoms with Crippen molar-refractivity contribution < 1.29 is 9.59 Å². The summed E-state index contributed by atoms with van der Waals surface area (Å²) in [4.78, 5) is 31.9. The molecule has 4 rings (SSSR count). The van der Waals surface area contributed by atoms with Crippen LogP contribution in [0.25, 0.3) is 10.9 Å². The molecule has 0 radical (unpaired) electrons. The largest absolute Gasteiger partial charge is 0.356 e. The molecule has 0 bridgehead atoms. The second kappa shape index (κ2) is 4.12. The smallest absolute Gasteiger partial charge is 0.245 e. The van der Waals surface area contributed by atoms with Crippen LogP contribution in [-0.2, 0) is 21.5 Å². The van der Waals surface area contributed by atoms with Crippen LogP contribution >= 0.6 is 0 Å². The zero-order valence-corrected chi connectivity index (χ0v) is 13.0. The Morgan fingerprint density at radius 3 is 2.73 bits per heavy atom. The van der Waals surface area contributed by atoms with Gasteiger partial charge < -0.3 is 14.8 Å². The second-order valence-electron chi connectivity index (χ2n) is 6.76. The van der Waals surface area contributed by atoms with Crippen molar-refractivity contribution in [3.63, 3.8) is 0 Å². The van der Waals surface area contributed by atoms with Gasteiger partial charge in [-0.1, -0.05) is 18.2 Å². The van der Waals surface area contributed by atoms with E-state index in [1.807, 2.05) is 32.0 Å². The Bertz CT molecular complexity index is 805. The topological polar surface area (TPSA) is 56.4 Å². The molecule has 1 N–H and O–H groups in total. The molecule has 1 aromatic heterocycles. The maximum absolute atomic E-state index is 12.6. The van der Waals surface area contributed by atoms with Gasteiger partial charge in [-0.25, -0.2) is 0 Å². The van der Waals surface area contributed by atoms with Gasteiger partial charge in [-0.3, -0.25) is 9.59 Å². The highest BCUT2D eigenvalue weighted by Gasteiger charge is 2.50. The van der Waals surface area contributed by atoms with Gasteiger partial charge in [0.15, 0.2) is 0 Å². The molecule has 1 aromatic carbocycles. The molecule has 0 saturated carbocycles. The monoisotopic (exact) mass is 297 g/mol. The number of benzene rings is 1. The van der Waals surface area contributed by atoms with E-state index in [9.17, 15) is 9.59 Å². The molecule has 1 atom stereocenters. The van der Waals surface area contributed by atoms with Crippen LogP contribution in [-0.4, -0.2) is 46.2 Å². The SMILES string of the molecule is CN1CC(=O)N2C(Cc3c([nH]c4ccccc34)C2(C)C)C1=O. The van der Waals surface area contributed by atoms with Crippen molar-refractivity contribution in [1.82, 2.24) is 14.8 Å². The molecular formula is C17H19N3O2. The van der Waals surface area contributed by atoms with Crippen LogP contribution in [0.4, 0.5) is 0 Å². The number of hydrogen-bond acceptors (Lipinski definition) is 2. The number of piperazine rings is 1. The number of rotatable bonds is 0. The van der Waals surface area contributed by atoms with Crippen LogP contribution in [0.5, 0.6) is 0 Å². The molecule has 1 fully saturated rings. The van der Waals surface area contributed by atoms with Crippen LogP contribution in [0.2, 0.25) is 0 Å². The van der Waals surface area contributed by atoms with E-state index >= 15 is 0 Å². The van der Waals surface area contributed by atoms with Crippen LogP contribution in [0.3, 0.4) is 0 Å². The minimum Gasteiger partial charge on any atom is -0.356 e. The summed E-state index contributed by atoms with van der Waals surface area (Å²) in [5, 5.41) is 1.15. The number of H-pyrrole nitrogens is 1. The van der Waals surface area contributed by atoms with Gasteiger partial charge in [-0.2, -0.15) is 0 Å². The lowest BCUT2D eigenvalue weighted by Crippen LogP contribution is -2.66. The van der Waals surface area contributed by atoms with Gasteiger partial charge in [0, 0.05) is 30.1 Å². The summed E-state index contributed by atoms with van der Waals surface area (Å²) in [7, 11) is 1.70. The van der Waals surface area contributed by atoms with E-state index in [0.717, 1.165) is 16.6 Å². The highest BCUT2D eigenvalue weighted by Crippen LogP contribution is 2.42. The van der Waals surface area contributed by atoms with Gasteiger partial charge in [0.25, 0.3) is 0 Å². The Morgan fingerprint density at radius 1 is 1.23 bits per heavy atom. The van der Waals surface area contributed by atoms with E-state index in [1.165, 1.54) is 5.56 Å². The molecule has 0 spiro atoms. The summed E-state index contributed by atoms with van der Waals surface area (Å²) in [6.45, 7) is 4.20. The Labute approximate surface area is 128 Å². The highest BCUT2D eigenvalue weighted by atomic mass is 16.2. The van der Waals surface area contributed by atoms with Crippen molar-refractivity contribution in [2.75, 3.05) is 13.6 Å². The highest BCUT2D eigenvalue weighted by molar-refractivity contribution is 5.97. The van der Waals surface area contributed by atoms with Crippen molar-refractivity contribution in [2.45, 2.75) is 31.8 Å². The summed E-state index contributed by atoms with van der Waals surface area (Å²) in [6.07, 6.45) is 0.581. The zero-order valence-electron chi connectivity index (χ0n) is 13.0. The molecule has 0 aliphatic carbocycles. The third kappa shape index (κ3) is 1.54. The van der Waals surface area contributed by atoms with E-state index in [0.29, 0.717) is 6.42 Å². The number of amides is 2. The lowest BCUT2D eigenvalue weighted by molar-refractivity contribution is -0.162. The summed E-state index contributed by atoms with van der Waals surface area (Å²) >= 11 is 0. The van der Waals surface area contributed by atoms with Gasteiger partial charge >= 0.3 is 0 Å². The second-order valence-corrected chi connectivity index (χ2v) is 6.76. The molecule has 1 saturated heterocycles. The number of para-hydroxylation sites is 1. The predicted octanol–water partition coefficient (Wildman–Crippen LogP) is 1.63. The molecule has 5 nitrogen and oxygen atoms in total. The molecule has 114 valence electrons. The Kier molecular flexibility index (Phi) is 2.50. The maximum Gasteiger partial charge on any atom is 0.245 e. The first-order valence-electron chi connectivity index (χ1n) is 7.58. The van der Waals surface area contributed by atoms with Gasteiger partial charge in [0.2, 0.25) is 11.8 Å². The quantitative estimate of drug-likeness (QED) is 0.803. The lowest BCUT2D eigenvalue weighted by Gasteiger charge is -2.50. The number of likely N-dealkylation sites (N-methyl/N-ethyl adjacent to an activating group) is 1. The number of fused-ring (bicyclic) bond motifs is 4. The fourth-order valence-corrected chi connectivity index (χ4v) is 4.02. The van der Waals surface area contributed by atoms with Gasteiger partial charge in [-0.05, 0) is 25.5 Å². The van der Waals surface area contributed by atoms with E-state index < -0.39 is 11.6 Å². The molecule has 2 aliphatic rings. The normalized spacial score (nSPS) is 23.7. The first-order chi connectivity index (χ1) is 10.4. The predicted molar refractivity (Wildman–Crippen MR) is 83.3 cm³/mol. The third-order valence-corrected chi connectivity index (χ3v) is 5.04. The van der Waals surface area contributed by atoms with E-state index in [1.54, 1.807) is 16.8 Å². The average Bonchev–Trinajstić information content (AvgIpc) is 2.84. The molecule has 3 heterocycles. The minimum atomic E-state index is -0.509. The summed E-state index contributed by atoms with van der Waals surface area (Å²) in [6, 6.07) is 7.73. The number of nitrogens with zero attached hydrogens (tertiary/aromatic N) is 2. The summed E-state index contributed by atoms with van der Waals surface area (Å²) in [5.41, 5.74) is 2.77. The Hall–Kier alpha value is -2.30. The fraction of sp³-hybridized carbons (Fsp3) is 0.412. The van der Waals surface area contributed by atoms with Crippen LogP contribution in [0.1, 0.15) is 25.1 Å². The van der Waals surface area contributed by atoms with E-state index in [-0.39, 0.29) is 18.4 Å². The van der Waals surface area contributed by atoms with Crippen LogP contribution < -0.4 is 0 Å². The molecule has 2 amide bonds. The van der Waals surface area contributed by atoms with E-state index in [4.69, 9.17) is 0 Å². The van der Waals surface area contributed by atoms with Crippen LogP contribution in [0, 0.1) is 0 Å². The molecule has 5 heteroatoms. The number of carbonyl (C=O) groups is 2. The summed E-state index contributed by atoms with van der Waals surface area (Å²) < 4.78 is 0. The summed E-state index contributed by atoms with van der Waals surface area (Å²) in [5.74, 6) is 0.0463.